The normalized spacial score (nSPS) is 17.5. The highest BCUT2D eigenvalue weighted by Gasteiger charge is 2.32. The van der Waals surface area contributed by atoms with Crippen LogP contribution in [0.1, 0.15) is 12.8 Å². The summed E-state index contributed by atoms with van der Waals surface area (Å²) >= 11 is 0. The monoisotopic (exact) mass is 364 g/mol. The van der Waals surface area contributed by atoms with Crippen molar-refractivity contribution < 1.29 is 28.2 Å². The van der Waals surface area contributed by atoms with Crippen LogP contribution in [-0.4, -0.2) is 52.6 Å². The van der Waals surface area contributed by atoms with Crippen LogP contribution in [0.4, 0.5) is 15.8 Å². The van der Waals surface area contributed by atoms with Crippen LogP contribution in [0, 0.1) is 5.82 Å². The zero-order valence-electron chi connectivity index (χ0n) is 14.8. The predicted octanol–water partition coefficient (Wildman–Crippen LogP) is 1.82. The number of ether oxygens (including phenoxy) is 3. The van der Waals surface area contributed by atoms with Crippen molar-refractivity contribution in [2.24, 2.45) is 0 Å². The molecule has 2 aliphatic rings. The third-order valence-corrected chi connectivity index (χ3v) is 4.52. The molecule has 1 fully saturated rings. The summed E-state index contributed by atoms with van der Waals surface area (Å²) in [5, 5.41) is 0. The average Bonchev–Trinajstić information content (AvgIpc) is 3.20. The molecule has 0 N–H and O–H groups in total. The topological polar surface area (TPSA) is 68.3 Å². The van der Waals surface area contributed by atoms with Crippen molar-refractivity contribution in [1.29, 1.82) is 0 Å². The van der Waals surface area contributed by atoms with Gasteiger partial charge in [0.15, 0.2) is 0 Å². The third-order valence-electron chi connectivity index (χ3n) is 4.52. The number of hydrogen-bond donors (Lipinski definition) is 0. The van der Waals surface area contributed by atoms with E-state index in [1.165, 1.54) is 25.2 Å². The minimum absolute atomic E-state index is 0.000998. The second kappa shape index (κ2) is 7.74. The Labute approximate surface area is 150 Å². The molecule has 0 atom stereocenters. The number of halogens is 1. The molecule has 2 heterocycles. The van der Waals surface area contributed by atoms with Crippen LogP contribution in [0.25, 0.3) is 0 Å². The van der Waals surface area contributed by atoms with E-state index in [9.17, 15) is 14.0 Å². The smallest absolute Gasteiger partial charge is 0.355 e. The van der Waals surface area contributed by atoms with Crippen molar-refractivity contribution in [3.63, 3.8) is 0 Å². The maximum absolute atomic E-state index is 14.7. The van der Waals surface area contributed by atoms with Crippen molar-refractivity contribution in [1.82, 2.24) is 0 Å². The number of anilines is 2. The lowest BCUT2D eigenvalue weighted by Gasteiger charge is -2.31. The quantitative estimate of drug-likeness (QED) is 0.755. The molecule has 0 bridgehead atoms. The lowest BCUT2D eigenvalue weighted by Crippen LogP contribution is -2.38. The highest BCUT2D eigenvalue weighted by molar-refractivity contribution is 6.03. The number of methoxy groups -OCH3 is 2. The van der Waals surface area contributed by atoms with Gasteiger partial charge < -0.3 is 24.0 Å². The predicted molar refractivity (Wildman–Crippen MR) is 92.2 cm³/mol. The molecule has 1 aromatic carbocycles. The van der Waals surface area contributed by atoms with Crippen molar-refractivity contribution >= 4 is 23.3 Å². The first-order valence-electron chi connectivity index (χ1n) is 8.36. The van der Waals surface area contributed by atoms with Gasteiger partial charge >= 0.3 is 11.9 Å². The van der Waals surface area contributed by atoms with Crippen LogP contribution in [0.5, 0.6) is 0 Å². The number of carbonyl (C=O) groups is 2. The first-order valence-corrected chi connectivity index (χ1v) is 8.36. The summed E-state index contributed by atoms with van der Waals surface area (Å²) in [6.45, 7) is 1.56. The standard InChI is InChI=1S/C18H21FN2O5/c1-24-17(22)13-10-26-11-21(16(13)18(23)25-2)12-5-6-15(14(19)9-12)20-7-3-4-8-20/h5-6,9H,3-4,7-8,10-11H2,1-2H3. The van der Waals surface area contributed by atoms with Crippen LogP contribution in [0.2, 0.25) is 0 Å². The number of rotatable bonds is 4. The van der Waals surface area contributed by atoms with E-state index >= 15 is 0 Å². The number of benzene rings is 1. The maximum Gasteiger partial charge on any atom is 0.355 e. The number of carbonyl (C=O) groups excluding carboxylic acids is 2. The number of nitrogens with zero attached hydrogens (tertiary/aromatic N) is 2. The summed E-state index contributed by atoms with van der Waals surface area (Å²) < 4.78 is 29.6. The summed E-state index contributed by atoms with van der Waals surface area (Å²) in [7, 11) is 2.43. The van der Waals surface area contributed by atoms with Gasteiger partial charge in [-0.15, -0.1) is 0 Å². The first-order chi connectivity index (χ1) is 12.6. The molecule has 26 heavy (non-hydrogen) atoms. The van der Waals surface area contributed by atoms with Gasteiger partial charge in [0, 0.05) is 18.8 Å². The Bertz CT molecular complexity index is 743. The fourth-order valence-electron chi connectivity index (χ4n) is 3.23. The summed E-state index contributed by atoms with van der Waals surface area (Å²) in [6, 6.07) is 4.71. The van der Waals surface area contributed by atoms with Gasteiger partial charge in [0.05, 0.1) is 32.1 Å². The van der Waals surface area contributed by atoms with E-state index < -0.39 is 11.9 Å². The minimum Gasteiger partial charge on any atom is -0.466 e. The molecule has 0 amide bonds. The maximum atomic E-state index is 14.7. The molecule has 0 aliphatic carbocycles. The molecule has 0 spiro atoms. The molecule has 140 valence electrons. The van der Waals surface area contributed by atoms with Gasteiger partial charge in [-0.3, -0.25) is 0 Å². The Kier molecular flexibility index (Phi) is 5.41. The van der Waals surface area contributed by atoms with Gasteiger partial charge in [0.1, 0.15) is 18.2 Å². The lowest BCUT2D eigenvalue weighted by atomic mass is 10.1. The largest absolute Gasteiger partial charge is 0.466 e. The van der Waals surface area contributed by atoms with Crippen molar-refractivity contribution in [3.8, 4) is 0 Å². The molecule has 3 rings (SSSR count). The summed E-state index contributed by atoms with van der Waals surface area (Å²) in [4.78, 5) is 27.7. The Morgan fingerprint density at radius 3 is 2.42 bits per heavy atom. The van der Waals surface area contributed by atoms with Crippen molar-refractivity contribution in [2.45, 2.75) is 12.8 Å². The number of hydrogen-bond acceptors (Lipinski definition) is 7. The molecule has 7 nitrogen and oxygen atoms in total. The average molecular weight is 364 g/mol. The summed E-state index contributed by atoms with van der Waals surface area (Å²) in [6.07, 6.45) is 2.08. The third kappa shape index (κ3) is 3.37. The molecule has 2 aliphatic heterocycles. The van der Waals surface area contributed by atoms with E-state index in [0.29, 0.717) is 11.4 Å². The first kappa shape index (κ1) is 18.2. The van der Waals surface area contributed by atoms with Gasteiger partial charge in [-0.25, -0.2) is 14.0 Å². The van der Waals surface area contributed by atoms with Gasteiger partial charge in [-0.2, -0.15) is 0 Å². The van der Waals surface area contributed by atoms with Crippen LogP contribution in [0.15, 0.2) is 29.5 Å². The van der Waals surface area contributed by atoms with Crippen molar-refractivity contribution in [2.75, 3.05) is 50.4 Å². The Balaban J connectivity index is 1.99. The van der Waals surface area contributed by atoms with E-state index in [4.69, 9.17) is 14.2 Å². The van der Waals surface area contributed by atoms with E-state index in [0.717, 1.165) is 25.9 Å². The van der Waals surface area contributed by atoms with E-state index in [2.05, 4.69) is 0 Å². The van der Waals surface area contributed by atoms with Gasteiger partial charge in [0.25, 0.3) is 0 Å². The van der Waals surface area contributed by atoms with Crippen LogP contribution in [0.3, 0.4) is 0 Å². The minimum atomic E-state index is -0.710. The lowest BCUT2D eigenvalue weighted by molar-refractivity contribution is -0.140. The highest BCUT2D eigenvalue weighted by atomic mass is 19.1. The molecule has 1 saturated heterocycles. The Hall–Kier alpha value is -2.61. The van der Waals surface area contributed by atoms with Crippen LogP contribution < -0.4 is 9.80 Å². The van der Waals surface area contributed by atoms with Crippen molar-refractivity contribution in [3.05, 3.63) is 35.3 Å². The second-order valence-electron chi connectivity index (χ2n) is 6.05. The second-order valence-corrected chi connectivity index (χ2v) is 6.05. The van der Waals surface area contributed by atoms with Gasteiger partial charge in [-0.05, 0) is 31.0 Å². The molecule has 0 unspecified atom stereocenters. The van der Waals surface area contributed by atoms with E-state index in [1.807, 2.05) is 4.90 Å². The molecule has 0 radical (unpaired) electrons. The molecule has 8 heteroatoms. The van der Waals surface area contributed by atoms with Gasteiger partial charge in [-0.1, -0.05) is 0 Å². The van der Waals surface area contributed by atoms with E-state index in [-0.39, 0.29) is 30.4 Å². The number of esters is 2. The zero-order valence-corrected chi connectivity index (χ0v) is 14.8. The molecule has 0 saturated carbocycles. The SMILES string of the molecule is COC(=O)C1=C(C(=O)OC)N(c2ccc(N3CCCC3)c(F)c2)COC1. The highest BCUT2D eigenvalue weighted by Crippen LogP contribution is 2.31. The molecule has 1 aromatic rings. The fourth-order valence-corrected chi connectivity index (χ4v) is 3.23. The fraction of sp³-hybridized carbons (Fsp3) is 0.444. The molecule has 0 aromatic heterocycles. The van der Waals surface area contributed by atoms with E-state index in [1.54, 1.807) is 12.1 Å². The molecular formula is C18H21FN2O5. The van der Waals surface area contributed by atoms with Crippen LogP contribution in [-0.2, 0) is 23.8 Å². The summed E-state index contributed by atoms with van der Waals surface area (Å²) in [5.74, 6) is -1.79. The Morgan fingerprint density at radius 1 is 1.12 bits per heavy atom. The Morgan fingerprint density at radius 2 is 1.81 bits per heavy atom. The zero-order chi connectivity index (χ0) is 18.7. The summed E-state index contributed by atoms with van der Waals surface area (Å²) in [5.41, 5.74) is 0.960. The molecular weight excluding hydrogens is 343 g/mol. The van der Waals surface area contributed by atoms with Crippen LogP contribution >= 0.6 is 0 Å². The van der Waals surface area contributed by atoms with Gasteiger partial charge in [0.2, 0.25) is 0 Å².